The molecule has 6 heteroatoms. The molecule has 1 fully saturated rings. The number of aromatic amines is 1. The minimum absolute atomic E-state index is 0.464. The minimum atomic E-state index is 0.464. The molecule has 1 aliphatic heterocycles. The topological polar surface area (TPSA) is 66.9 Å². The van der Waals surface area contributed by atoms with Crippen LogP contribution in [-0.2, 0) is 0 Å². The van der Waals surface area contributed by atoms with Crippen LogP contribution < -0.4 is 9.64 Å². The van der Waals surface area contributed by atoms with Crippen LogP contribution in [0.4, 0.5) is 5.95 Å². The summed E-state index contributed by atoms with van der Waals surface area (Å²) in [5.74, 6) is 1.81. The molecule has 0 amide bonds. The number of hydrogen-bond donors (Lipinski definition) is 1. The molecule has 0 radical (unpaired) electrons. The van der Waals surface area contributed by atoms with Crippen molar-refractivity contribution in [1.29, 1.82) is 0 Å². The Kier molecular flexibility index (Phi) is 3.31. The molecule has 3 heterocycles. The lowest BCUT2D eigenvalue weighted by atomic mass is 9.95. The molecular weight excluding hydrogens is 242 g/mol. The Labute approximate surface area is 111 Å². The Hall–Kier alpha value is -2.11. The van der Waals surface area contributed by atoms with E-state index in [1.165, 1.54) is 12.1 Å². The van der Waals surface area contributed by atoms with Crippen LogP contribution in [0, 0.1) is 0 Å². The molecule has 1 aliphatic rings. The third-order valence-electron chi connectivity index (χ3n) is 3.49. The average Bonchev–Trinajstić information content (AvgIpc) is 3.02. The number of anilines is 1. The smallest absolute Gasteiger partial charge is 0.228 e. The van der Waals surface area contributed by atoms with Gasteiger partial charge in [0.15, 0.2) is 0 Å². The fraction of sp³-hybridized carbons (Fsp3) is 0.462. The fourth-order valence-electron chi connectivity index (χ4n) is 2.51. The number of ether oxygens (including phenoxy) is 1. The van der Waals surface area contributed by atoms with Crippen molar-refractivity contribution in [2.75, 3.05) is 25.1 Å². The molecule has 6 nitrogen and oxygen atoms in total. The lowest BCUT2D eigenvalue weighted by Crippen LogP contribution is -2.35. The van der Waals surface area contributed by atoms with Gasteiger partial charge >= 0.3 is 0 Å². The molecule has 0 aliphatic carbocycles. The second kappa shape index (κ2) is 5.26. The molecule has 0 bridgehead atoms. The largest absolute Gasteiger partial charge is 0.481 e. The Morgan fingerprint density at radius 3 is 3.11 bits per heavy atom. The summed E-state index contributed by atoms with van der Waals surface area (Å²) in [5, 5.41) is 7.09. The summed E-state index contributed by atoms with van der Waals surface area (Å²) in [5.41, 5.74) is 1.19. The molecule has 2 aromatic rings. The van der Waals surface area contributed by atoms with Gasteiger partial charge in [-0.25, -0.2) is 4.98 Å². The van der Waals surface area contributed by atoms with Crippen molar-refractivity contribution in [2.45, 2.75) is 18.8 Å². The second-order valence-corrected chi connectivity index (χ2v) is 4.70. The number of nitrogens with zero attached hydrogens (tertiary/aromatic N) is 4. The lowest BCUT2D eigenvalue weighted by Gasteiger charge is -2.32. The Bertz CT molecular complexity index is 528. The number of aromatic nitrogens is 4. The van der Waals surface area contributed by atoms with Crippen LogP contribution in [0.3, 0.4) is 0 Å². The highest BCUT2D eigenvalue weighted by atomic mass is 16.5. The van der Waals surface area contributed by atoms with Crippen LogP contribution in [0.2, 0.25) is 0 Å². The highest BCUT2D eigenvalue weighted by molar-refractivity contribution is 5.34. The molecule has 1 N–H and O–H groups in total. The van der Waals surface area contributed by atoms with E-state index >= 15 is 0 Å². The van der Waals surface area contributed by atoms with E-state index in [0.717, 1.165) is 25.5 Å². The summed E-state index contributed by atoms with van der Waals surface area (Å²) in [4.78, 5) is 10.9. The highest BCUT2D eigenvalue weighted by Crippen LogP contribution is 2.27. The van der Waals surface area contributed by atoms with E-state index in [1.54, 1.807) is 25.6 Å². The molecule has 0 unspecified atom stereocenters. The van der Waals surface area contributed by atoms with Crippen LogP contribution in [0.5, 0.6) is 5.88 Å². The van der Waals surface area contributed by atoms with Crippen LogP contribution in [0.1, 0.15) is 24.5 Å². The fourth-order valence-corrected chi connectivity index (χ4v) is 2.51. The zero-order valence-corrected chi connectivity index (χ0v) is 10.9. The normalized spacial score (nSPS) is 19.4. The Morgan fingerprint density at radius 2 is 2.32 bits per heavy atom. The molecule has 100 valence electrons. The number of piperidine rings is 1. The number of rotatable bonds is 3. The molecule has 1 atom stereocenters. The third kappa shape index (κ3) is 2.52. The zero-order chi connectivity index (χ0) is 13.1. The summed E-state index contributed by atoms with van der Waals surface area (Å²) in [7, 11) is 1.62. The number of nitrogens with one attached hydrogen (secondary N) is 1. The maximum absolute atomic E-state index is 5.15. The average molecular weight is 259 g/mol. The molecule has 0 saturated carbocycles. The summed E-state index contributed by atoms with van der Waals surface area (Å²) in [6, 6.07) is 3.81. The highest BCUT2D eigenvalue weighted by Gasteiger charge is 2.24. The van der Waals surface area contributed by atoms with E-state index in [-0.39, 0.29) is 0 Å². The maximum Gasteiger partial charge on any atom is 0.228 e. The van der Waals surface area contributed by atoms with Gasteiger partial charge < -0.3 is 9.64 Å². The van der Waals surface area contributed by atoms with Crippen molar-refractivity contribution in [3.05, 3.63) is 30.2 Å². The summed E-state index contributed by atoms with van der Waals surface area (Å²) < 4.78 is 5.15. The van der Waals surface area contributed by atoms with Gasteiger partial charge in [0.2, 0.25) is 11.8 Å². The van der Waals surface area contributed by atoms with Gasteiger partial charge in [-0.05, 0) is 18.9 Å². The quantitative estimate of drug-likeness (QED) is 0.906. The van der Waals surface area contributed by atoms with E-state index in [9.17, 15) is 0 Å². The first-order chi connectivity index (χ1) is 9.36. The summed E-state index contributed by atoms with van der Waals surface area (Å²) in [6.45, 7) is 1.90. The number of H-pyrrole nitrogens is 1. The van der Waals surface area contributed by atoms with Crippen molar-refractivity contribution in [3.8, 4) is 5.88 Å². The van der Waals surface area contributed by atoms with Crippen LogP contribution in [0.25, 0.3) is 0 Å². The SMILES string of the molecule is COc1ccnc(N2CCC[C@@H](c3ccn[nH]3)C2)n1. The third-order valence-corrected chi connectivity index (χ3v) is 3.49. The Balaban J connectivity index is 1.77. The van der Waals surface area contributed by atoms with Gasteiger partial charge in [0, 0.05) is 43.2 Å². The van der Waals surface area contributed by atoms with Crippen molar-refractivity contribution >= 4 is 5.95 Å². The summed E-state index contributed by atoms with van der Waals surface area (Å²) >= 11 is 0. The second-order valence-electron chi connectivity index (χ2n) is 4.70. The van der Waals surface area contributed by atoms with Gasteiger partial charge in [0.1, 0.15) is 0 Å². The van der Waals surface area contributed by atoms with Gasteiger partial charge in [0.05, 0.1) is 7.11 Å². The molecule has 0 aromatic carbocycles. The van der Waals surface area contributed by atoms with Gasteiger partial charge in [-0.2, -0.15) is 10.1 Å². The van der Waals surface area contributed by atoms with E-state index in [2.05, 4.69) is 25.1 Å². The van der Waals surface area contributed by atoms with Crippen molar-refractivity contribution in [1.82, 2.24) is 20.2 Å². The van der Waals surface area contributed by atoms with Gasteiger partial charge in [-0.15, -0.1) is 0 Å². The van der Waals surface area contributed by atoms with Crippen molar-refractivity contribution in [3.63, 3.8) is 0 Å². The maximum atomic E-state index is 5.15. The Morgan fingerprint density at radius 1 is 1.37 bits per heavy atom. The van der Waals surface area contributed by atoms with Crippen LogP contribution >= 0.6 is 0 Å². The van der Waals surface area contributed by atoms with Crippen molar-refractivity contribution in [2.24, 2.45) is 0 Å². The van der Waals surface area contributed by atoms with Crippen LogP contribution in [0.15, 0.2) is 24.5 Å². The predicted octanol–water partition coefficient (Wildman–Crippen LogP) is 1.59. The minimum Gasteiger partial charge on any atom is -0.481 e. The monoisotopic (exact) mass is 259 g/mol. The first kappa shape index (κ1) is 12.0. The standard InChI is InChI=1S/C13H17N5O/c1-19-12-5-6-14-13(16-12)18-8-2-3-10(9-18)11-4-7-15-17-11/h4-7,10H,2-3,8-9H2,1H3,(H,15,17)/t10-/m1/s1. The zero-order valence-electron chi connectivity index (χ0n) is 10.9. The number of hydrogen-bond acceptors (Lipinski definition) is 5. The molecule has 1 saturated heterocycles. The lowest BCUT2D eigenvalue weighted by molar-refractivity contribution is 0.395. The van der Waals surface area contributed by atoms with E-state index in [4.69, 9.17) is 4.74 Å². The molecular formula is C13H17N5O. The summed E-state index contributed by atoms with van der Waals surface area (Å²) in [6.07, 6.45) is 5.84. The van der Waals surface area contributed by atoms with Crippen molar-refractivity contribution < 1.29 is 4.74 Å². The first-order valence-corrected chi connectivity index (χ1v) is 6.48. The number of methoxy groups -OCH3 is 1. The van der Waals surface area contributed by atoms with E-state index in [1.807, 2.05) is 6.07 Å². The molecule has 0 spiro atoms. The van der Waals surface area contributed by atoms with Gasteiger partial charge in [0.25, 0.3) is 0 Å². The predicted molar refractivity (Wildman–Crippen MR) is 71.4 cm³/mol. The van der Waals surface area contributed by atoms with E-state index in [0.29, 0.717) is 11.8 Å². The first-order valence-electron chi connectivity index (χ1n) is 6.48. The molecule has 19 heavy (non-hydrogen) atoms. The van der Waals surface area contributed by atoms with Gasteiger partial charge in [-0.3, -0.25) is 5.10 Å². The molecule has 2 aromatic heterocycles. The van der Waals surface area contributed by atoms with Gasteiger partial charge in [-0.1, -0.05) is 0 Å². The van der Waals surface area contributed by atoms with Crippen LogP contribution in [-0.4, -0.2) is 40.4 Å². The molecule has 3 rings (SSSR count). The van der Waals surface area contributed by atoms with E-state index < -0.39 is 0 Å².